The van der Waals surface area contributed by atoms with Crippen molar-refractivity contribution in [2.45, 2.75) is 32.9 Å². The largest absolute Gasteiger partial charge is 0.366 e. The van der Waals surface area contributed by atoms with Gasteiger partial charge < -0.3 is 10.2 Å². The Morgan fingerprint density at radius 2 is 1.87 bits per heavy atom. The Labute approximate surface area is 175 Å². The maximum atomic E-state index is 13.9. The molecule has 1 N–H and O–H groups in total. The molecular formula is C24H24FN3O2. The highest BCUT2D eigenvalue weighted by Crippen LogP contribution is 2.38. The Hall–Kier alpha value is -3.41. The Bertz CT molecular complexity index is 1120. The van der Waals surface area contributed by atoms with Crippen molar-refractivity contribution in [3.05, 3.63) is 76.7 Å². The lowest BCUT2D eigenvalue weighted by atomic mass is 9.88. The fraction of sp³-hybridized carbons (Fsp3) is 0.250. The zero-order chi connectivity index (χ0) is 21.6. The first kappa shape index (κ1) is 19.9. The van der Waals surface area contributed by atoms with Gasteiger partial charge in [0.05, 0.1) is 12.1 Å². The molecule has 0 unspecified atom stereocenters. The van der Waals surface area contributed by atoms with Crippen molar-refractivity contribution in [1.29, 1.82) is 0 Å². The zero-order valence-corrected chi connectivity index (χ0v) is 17.5. The summed E-state index contributed by atoms with van der Waals surface area (Å²) in [6, 6.07) is 11.5. The second-order valence-corrected chi connectivity index (χ2v) is 8.29. The molecule has 30 heavy (non-hydrogen) atoms. The van der Waals surface area contributed by atoms with Crippen LogP contribution >= 0.6 is 0 Å². The smallest absolute Gasteiger partial charge is 0.329 e. The number of likely N-dealkylation sites (N-methyl/N-ethyl adjacent to an activating group) is 1. The fourth-order valence-electron chi connectivity index (χ4n) is 3.95. The molecule has 2 aliphatic heterocycles. The number of halogens is 1. The van der Waals surface area contributed by atoms with Crippen LogP contribution in [-0.4, -0.2) is 29.4 Å². The van der Waals surface area contributed by atoms with Crippen LogP contribution in [0.2, 0.25) is 0 Å². The zero-order valence-electron chi connectivity index (χ0n) is 17.5. The molecule has 3 amide bonds. The second-order valence-electron chi connectivity index (χ2n) is 8.29. The van der Waals surface area contributed by atoms with E-state index in [9.17, 15) is 14.0 Å². The number of imide groups is 1. The molecule has 2 aromatic rings. The minimum absolute atomic E-state index is 0.0837. The van der Waals surface area contributed by atoms with Crippen LogP contribution in [0.5, 0.6) is 0 Å². The van der Waals surface area contributed by atoms with Gasteiger partial charge in [-0.2, -0.15) is 0 Å². The molecule has 1 fully saturated rings. The van der Waals surface area contributed by atoms with Crippen molar-refractivity contribution in [3.63, 3.8) is 0 Å². The van der Waals surface area contributed by atoms with Crippen LogP contribution < -0.4 is 10.2 Å². The lowest BCUT2D eigenvalue weighted by Crippen LogP contribution is -2.42. The number of amides is 3. The molecule has 2 aliphatic rings. The van der Waals surface area contributed by atoms with Gasteiger partial charge in [0.15, 0.2) is 0 Å². The third kappa shape index (κ3) is 3.38. The third-order valence-corrected chi connectivity index (χ3v) is 5.80. The standard InChI is InChI=1S/C24H24FN3O2/c1-15-13-24(2,3)27(4)21-10-9-16(11-18(15)21)12-20-22(29)28(23(30)26-20)14-17-7-5-6-8-19(17)25/h5-13H,14H2,1-4H3,(H,26,30)/b20-12-. The highest BCUT2D eigenvalue weighted by Gasteiger charge is 2.34. The molecule has 2 heterocycles. The number of rotatable bonds is 3. The molecule has 2 aromatic carbocycles. The van der Waals surface area contributed by atoms with Gasteiger partial charge >= 0.3 is 6.03 Å². The monoisotopic (exact) mass is 405 g/mol. The van der Waals surface area contributed by atoms with E-state index in [1.165, 1.54) is 6.07 Å². The molecule has 4 rings (SSSR count). The highest BCUT2D eigenvalue weighted by atomic mass is 19.1. The molecule has 5 nitrogen and oxygen atoms in total. The van der Waals surface area contributed by atoms with Gasteiger partial charge in [0.2, 0.25) is 0 Å². The van der Waals surface area contributed by atoms with Crippen LogP contribution in [0.4, 0.5) is 14.9 Å². The summed E-state index contributed by atoms with van der Waals surface area (Å²) in [5.74, 6) is -0.911. The molecule has 0 radical (unpaired) electrons. The van der Waals surface area contributed by atoms with Crippen LogP contribution in [-0.2, 0) is 11.3 Å². The Morgan fingerprint density at radius 3 is 2.60 bits per heavy atom. The van der Waals surface area contributed by atoms with E-state index >= 15 is 0 Å². The Kier molecular flexibility index (Phi) is 4.73. The van der Waals surface area contributed by atoms with E-state index in [4.69, 9.17) is 0 Å². The van der Waals surface area contributed by atoms with E-state index in [1.807, 2.05) is 18.2 Å². The van der Waals surface area contributed by atoms with Crippen molar-refractivity contribution in [2.75, 3.05) is 11.9 Å². The van der Waals surface area contributed by atoms with Crippen molar-refractivity contribution in [2.24, 2.45) is 0 Å². The van der Waals surface area contributed by atoms with Crippen molar-refractivity contribution < 1.29 is 14.0 Å². The van der Waals surface area contributed by atoms with Crippen molar-refractivity contribution in [3.8, 4) is 0 Å². The first-order chi connectivity index (χ1) is 14.2. The van der Waals surface area contributed by atoms with Gasteiger partial charge in [-0.05, 0) is 56.2 Å². The third-order valence-electron chi connectivity index (χ3n) is 5.80. The van der Waals surface area contributed by atoms with Crippen LogP contribution in [0.3, 0.4) is 0 Å². The van der Waals surface area contributed by atoms with Gasteiger partial charge in [-0.3, -0.25) is 9.69 Å². The molecule has 0 spiro atoms. The molecule has 0 bridgehead atoms. The summed E-state index contributed by atoms with van der Waals surface area (Å²) < 4.78 is 13.9. The van der Waals surface area contributed by atoms with Crippen LogP contribution in [0.25, 0.3) is 11.6 Å². The van der Waals surface area contributed by atoms with Crippen LogP contribution in [0.15, 0.2) is 54.2 Å². The summed E-state index contributed by atoms with van der Waals surface area (Å²) in [4.78, 5) is 28.3. The summed E-state index contributed by atoms with van der Waals surface area (Å²) >= 11 is 0. The Balaban J connectivity index is 1.62. The lowest BCUT2D eigenvalue weighted by molar-refractivity contribution is -0.123. The summed E-state index contributed by atoms with van der Waals surface area (Å²) in [5.41, 5.74) is 4.57. The fourth-order valence-corrected chi connectivity index (χ4v) is 3.95. The van der Waals surface area contributed by atoms with Crippen molar-refractivity contribution >= 4 is 29.3 Å². The van der Waals surface area contributed by atoms with Crippen LogP contribution in [0.1, 0.15) is 37.5 Å². The lowest BCUT2D eigenvalue weighted by Gasteiger charge is -2.40. The van der Waals surface area contributed by atoms with Gasteiger partial charge in [-0.1, -0.05) is 30.3 Å². The number of carbonyl (C=O) groups excluding carboxylic acids is 2. The van der Waals surface area contributed by atoms with Gasteiger partial charge in [0.1, 0.15) is 11.5 Å². The topological polar surface area (TPSA) is 52.7 Å². The second kappa shape index (κ2) is 7.13. The first-order valence-corrected chi connectivity index (χ1v) is 9.83. The number of allylic oxidation sites excluding steroid dienone is 1. The average molecular weight is 405 g/mol. The molecule has 6 heteroatoms. The maximum absolute atomic E-state index is 13.9. The molecule has 154 valence electrons. The number of hydrogen-bond donors (Lipinski definition) is 1. The van der Waals surface area contributed by atoms with E-state index in [0.717, 1.165) is 27.3 Å². The predicted molar refractivity (Wildman–Crippen MR) is 116 cm³/mol. The number of fused-ring (bicyclic) bond motifs is 1. The van der Waals surface area contributed by atoms with Gasteiger partial charge in [-0.15, -0.1) is 0 Å². The predicted octanol–water partition coefficient (Wildman–Crippen LogP) is 4.55. The quantitative estimate of drug-likeness (QED) is 0.602. The average Bonchev–Trinajstić information content (AvgIpc) is 2.95. The summed E-state index contributed by atoms with van der Waals surface area (Å²) in [5, 5.41) is 2.61. The minimum Gasteiger partial charge on any atom is -0.366 e. The number of urea groups is 1. The summed E-state index contributed by atoms with van der Waals surface area (Å²) in [6.45, 7) is 6.28. The van der Waals surface area contributed by atoms with E-state index < -0.39 is 17.8 Å². The van der Waals surface area contributed by atoms with E-state index in [1.54, 1.807) is 24.3 Å². The van der Waals surface area contributed by atoms with E-state index in [0.29, 0.717) is 5.56 Å². The number of hydrogen-bond acceptors (Lipinski definition) is 3. The van der Waals surface area contributed by atoms with E-state index in [-0.39, 0.29) is 17.8 Å². The number of anilines is 1. The minimum atomic E-state index is -0.551. The number of benzene rings is 2. The van der Waals surface area contributed by atoms with Gasteiger partial charge in [0, 0.05) is 23.9 Å². The SMILES string of the molecule is CC1=CC(C)(C)N(C)c2ccc(/C=C3\NC(=O)N(Cc4ccccc4F)C3=O)cc21. The van der Waals surface area contributed by atoms with Gasteiger partial charge in [0.25, 0.3) is 5.91 Å². The molecule has 0 atom stereocenters. The maximum Gasteiger partial charge on any atom is 0.329 e. The number of nitrogens with one attached hydrogen (secondary N) is 1. The molecule has 1 saturated heterocycles. The molecular weight excluding hydrogens is 381 g/mol. The number of nitrogens with zero attached hydrogens (tertiary/aromatic N) is 2. The van der Waals surface area contributed by atoms with Crippen LogP contribution in [0, 0.1) is 5.82 Å². The molecule has 0 saturated carbocycles. The van der Waals surface area contributed by atoms with Gasteiger partial charge in [-0.25, -0.2) is 9.18 Å². The normalized spacial score (nSPS) is 19.1. The molecule has 0 aliphatic carbocycles. The molecule has 0 aromatic heterocycles. The van der Waals surface area contributed by atoms with E-state index in [2.05, 4.69) is 44.1 Å². The number of carbonyl (C=O) groups is 2. The summed E-state index contributed by atoms with van der Waals surface area (Å²) in [6.07, 6.45) is 3.87. The highest BCUT2D eigenvalue weighted by molar-refractivity contribution is 6.14. The summed E-state index contributed by atoms with van der Waals surface area (Å²) in [7, 11) is 2.06. The Morgan fingerprint density at radius 1 is 1.13 bits per heavy atom. The van der Waals surface area contributed by atoms with Crippen molar-refractivity contribution in [1.82, 2.24) is 10.2 Å². The first-order valence-electron chi connectivity index (χ1n) is 9.83.